The first-order chi connectivity index (χ1) is 15.8. The van der Waals surface area contributed by atoms with Crippen molar-refractivity contribution in [1.82, 2.24) is 0 Å². The van der Waals surface area contributed by atoms with Crippen molar-refractivity contribution in [3.05, 3.63) is 82.4 Å². The molecular formula is C26H25ClN2O4. The van der Waals surface area contributed by atoms with Crippen LogP contribution in [-0.4, -0.2) is 24.5 Å². The third kappa shape index (κ3) is 5.29. The molecule has 4 rings (SSSR count). The first kappa shape index (κ1) is 22.7. The maximum atomic E-state index is 12.9. The number of anilines is 2. The van der Waals surface area contributed by atoms with Crippen LogP contribution in [0.4, 0.5) is 11.4 Å². The number of fused-ring (bicyclic) bond motifs is 1. The van der Waals surface area contributed by atoms with Crippen LogP contribution in [0.3, 0.4) is 0 Å². The maximum Gasteiger partial charge on any atom is 0.268 e. The highest BCUT2D eigenvalue weighted by molar-refractivity contribution is 6.30. The summed E-state index contributed by atoms with van der Waals surface area (Å²) in [7, 11) is 0. The normalized spacial score (nSPS) is 15.0. The van der Waals surface area contributed by atoms with Crippen LogP contribution in [0.15, 0.2) is 60.7 Å². The molecule has 3 aromatic carbocycles. The number of hydrogen-bond acceptors (Lipinski definition) is 4. The minimum Gasteiger partial charge on any atom is -0.483 e. The summed E-state index contributed by atoms with van der Waals surface area (Å²) < 4.78 is 11.5. The number of carbonyl (C=O) groups is 2. The maximum absolute atomic E-state index is 12.9. The van der Waals surface area contributed by atoms with Crippen molar-refractivity contribution in [3.63, 3.8) is 0 Å². The summed E-state index contributed by atoms with van der Waals surface area (Å²) in [5.41, 5.74) is 4.05. The van der Waals surface area contributed by atoms with E-state index in [0.717, 1.165) is 16.7 Å². The van der Waals surface area contributed by atoms with Gasteiger partial charge in [-0.05, 0) is 73.9 Å². The summed E-state index contributed by atoms with van der Waals surface area (Å²) in [5, 5.41) is 3.44. The van der Waals surface area contributed by atoms with E-state index in [1.165, 1.54) is 0 Å². The fourth-order valence-electron chi connectivity index (χ4n) is 3.67. The number of aryl methyl sites for hydroxylation is 2. The summed E-state index contributed by atoms with van der Waals surface area (Å²) in [6, 6.07) is 18.5. The molecule has 0 aliphatic carbocycles. The van der Waals surface area contributed by atoms with Gasteiger partial charge in [0, 0.05) is 10.7 Å². The number of rotatable bonds is 6. The van der Waals surface area contributed by atoms with Gasteiger partial charge in [0.1, 0.15) is 11.5 Å². The van der Waals surface area contributed by atoms with E-state index in [4.69, 9.17) is 21.1 Å². The lowest BCUT2D eigenvalue weighted by atomic mass is 10.1. The van der Waals surface area contributed by atoms with Crippen LogP contribution in [0.25, 0.3) is 0 Å². The van der Waals surface area contributed by atoms with E-state index in [2.05, 4.69) is 5.32 Å². The molecule has 0 saturated heterocycles. The molecule has 1 aliphatic rings. The molecule has 0 bridgehead atoms. The summed E-state index contributed by atoms with van der Waals surface area (Å²) in [6.45, 7) is 5.84. The van der Waals surface area contributed by atoms with Crippen LogP contribution in [0.2, 0.25) is 5.02 Å². The fourth-order valence-corrected chi connectivity index (χ4v) is 3.88. The average Bonchev–Trinajstić information content (AvgIpc) is 2.78. The number of benzene rings is 3. The third-order valence-electron chi connectivity index (χ3n) is 5.38. The number of nitrogens with one attached hydrogen (secondary N) is 1. The minimum atomic E-state index is -0.608. The molecule has 0 saturated carbocycles. The van der Waals surface area contributed by atoms with Gasteiger partial charge in [-0.1, -0.05) is 35.9 Å². The van der Waals surface area contributed by atoms with Gasteiger partial charge in [-0.25, -0.2) is 0 Å². The standard InChI is InChI=1S/C26H25ClN2O4/c1-16-7-8-17(2)24(11-16)32-15-25(30)28-21-9-10-23-22(13-21)29(26(31)18(3)33-23)14-19-5-4-6-20(27)12-19/h4-13,18H,14-15H2,1-3H3,(H,28,30). The first-order valence-corrected chi connectivity index (χ1v) is 11.0. The van der Waals surface area contributed by atoms with Crippen molar-refractivity contribution in [2.75, 3.05) is 16.8 Å². The van der Waals surface area contributed by atoms with E-state index >= 15 is 0 Å². The monoisotopic (exact) mass is 464 g/mol. The molecule has 1 unspecified atom stereocenters. The molecule has 2 amide bonds. The predicted molar refractivity (Wildman–Crippen MR) is 129 cm³/mol. The Morgan fingerprint density at radius 3 is 2.73 bits per heavy atom. The van der Waals surface area contributed by atoms with Crippen LogP contribution in [0.1, 0.15) is 23.6 Å². The molecule has 0 aromatic heterocycles. The molecule has 6 nitrogen and oxygen atoms in total. The van der Waals surface area contributed by atoms with Gasteiger partial charge in [0.25, 0.3) is 11.8 Å². The van der Waals surface area contributed by atoms with Crippen molar-refractivity contribution in [2.24, 2.45) is 0 Å². The number of nitrogens with zero attached hydrogens (tertiary/aromatic N) is 1. The Balaban J connectivity index is 1.51. The molecule has 0 fully saturated rings. The molecule has 0 radical (unpaired) electrons. The van der Waals surface area contributed by atoms with E-state index in [1.54, 1.807) is 36.1 Å². The van der Waals surface area contributed by atoms with Gasteiger partial charge in [-0.15, -0.1) is 0 Å². The predicted octanol–water partition coefficient (Wildman–Crippen LogP) is 5.29. The van der Waals surface area contributed by atoms with Gasteiger partial charge in [0.15, 0.2) is 12.7 Å². The van der Waals surface area contributed by atoms with Gasteiger partial charge >= 0.3 is 0 Å². The molecule has 33 heavy (non-hydrogen) atoms. The van der Waals surface area contributed by atoms with Crippen LogP contribution < -0.4 is 19.7 Å². The molecule has 3 aromatic rings. The van der Waals surface area contributed by atoms with Gasteiger partial charge in [-0.3, -0.25) is 9.59 Å². The molecule has 1 N–H and O–H groups in total. The van der Waals surface area contributed by atoms with E-state index in [1.807, 2.05) is 50.2 Å². The quantitative estimate of drug-likeness (QED) is 0.538. The second-order valence-electron chi connectivity index (χ2n) is 8.10. The van der Waals surface area contributed by atoms with Crippen molar-refractivity contribution < 1.29 is 19.1 Å². The SMILES string of the molecule is Cc1ccc(C)c(OCC(=O)Nc2ccc3c(c2)N(Cc2cccc(Cl)c2)C(=O)C(C)O3)c1. The summed E-state index contributed by atoms with van der Waals surface area (Å²) in [5.74, 6) is 0.794. The molecule has 7 heteroatoms. The third-order valence-corrected chi connectivity index (χ3v) is 5.62. The van der Waals surface area contributed by atoms with Crippen LogP contribution in [0.5, 0.6) is 11.5 Å². The fraction of sp³-hybridized carbons (Fsp3) is 0.231. The lowest BCUT2D eigenvalue weighted by Crippen LogP contribution is -2.44. The number of carbonyl (C=O) groups excluding carboxylic acids is 2. The molecule has 0 spiro atoms. The van der Waals surface area contributed by atoms with Crippen LogP contribution in [0, 0.1) is 13.8 Å². The summed E-state index contributed by atoms with van der Waals surface area (Å²) >= 11 is 6.12. The molecule has 170 valence electrons. The Morgan fingerprint density at radius 2 is 1.94 bits per heavy atom. The Hall–Kier alpha value is -3.51. The zero-order valence-corrected chi connectivity index (χ0v) is 19.5. The van der Waals surface area contributed by atoms with Crippen molar-refractivity contribution in [1.29, 1.82) is 0 Å². The number of ether oxygens (including phenoxy) is 2. The Labute approximate surface area is 198 Å². The largest absolute Gasteiger partial charge is 0.483 e. The van der Waals surface area contributed by atoms with E-state index in [9.17, 15) is 9.59 Å². The van der Waals surface area contributed by atoms with Gasteiger partial charge in [-0.2, -0.15) is 0 Å². The highest BCUT2D eigenvalue weighted by Gasteiger charge is 2.32. The Morgan fingerprint density at radius 1 is 1.12 bits per heavy atom. The smallest absolute Gasteiger partial charge is 0.268 e. The zero-order chi connectivity index (χ0) is 23.5. The van der Waals surface area contributed by atoms with E-state index in [0.29, 0.717) is 34.4 Å². The molecule has 1 heterocycles. The highest BCUT2D eigenvalue weighted by Crippen LogP contribution is 2.37. The number of hydrogen-bond donors (Lipinski definition) is 1. The molecule has 1 aliphatic heterocycles. The lowest BCUT2D eigenvalue weighted by molar-refractivity contribution is -0.125. The van der Waals surface area contributed by atoms with E-state index in [-0.39, 0.29) is 18.4 Å². The Kier molecular flexibility index (Phi) is 6.56. The lowest BCUT2D eigenvalue weighted by Gasteiger charge is -2.33. The van der Waals surface area contributed by atoms with Gasteiger partial charge in [0.05, 0.1) is 12.2 Å². The van der Waals surface area contributed by atoms with Gasteiger partial charge in [0.2, 0.25) is 0 Å². The second-order valence-corrected chi connectivity index (χ2v) is 8.54. The van der Waals surface area contributed by atoms with Gasteiger partial charge < -0.3 is 19.7 Å². The number of amides is 2. The van der Waals surface area contributed by atoms with Crippen LogP contribution in [-0.2, 0) is 16.1 Å². The molecule has 1 atom stereocenters. The van der Waals surface area contributed by atoms with Crippen molar-refractivity contribution >= 4 is 34.8 Å². The second kappa shape index (κ2) is 9.55. The average molecular weight is 465 g/mol. The summed E-state index contributed by atoms with van der Waals surface area (Å²) in [4.78, 5) is 27.1. The highest BCUT2D eigenvalue weighted by atomic mass is 35.5. The topological polar surface area (TPSA) is 67.9 Å². The minimum absolute atomic E-state index is 0.125. The van der Waals surface area contributed by atoms with Crippen molar-refractivity contribution in [2.45, 2.75) is 33.4 Å². The first-order valence-electron chi connectivity index (χ1n) is 10.7. The summed E-state index contributed by atoms with van der Waals surface area (Å²) in [6.07, 6.45) is -0.608. The molecular weight excluding hydrogens is 440 g/mol. The van der Waals surface area contributed by atoms with E-state index < -0.39 is 6.10 Å². The van der Waals surface area contributed by atoms with Crippen molar-refractivity contribution in [3.8, 4) is 11.5 Å². The number of halogens is 1. The zero-order valence-electron chi connectivity index (χ0n) is 18.7. The van der Waals surface area contributed by atoms with Crippen LogP contribution >= 0.6 is 11.6 Å². The Bertz CT molecular complexity index is 1210.